The van der Waals surface area contributed by atoms with Crippen LogP contribution in [0.25, 0.3) is 11.7 Å². The number of thioether (sulfide) groups is 1. The topological polar surface area (TPSA) is 75.9 Å². The summed E-state index contributed by atoms with van der Waals surface area (Å²) < 4.78 is 6.93. The fourth-order valence-corrected chi connectivity index (χ4v) is 3.48. The van der Waals surface area contributed by atoms with E-state index >= 15 is 0 Å². The minimum absolute atomic E-state index is 0.226. The number of rotatable bonds is 5. The van der Waals surface area contributed by atoms with Crippen LogP contribution >= 0.6 is 24.0 Å². The Kier molecular flexibility index (Phi) is 5.16. The van der Waals surface area contributed by atoms with Crippen molar-refractivity contribution in [3.05, 3.63) is 45.2 Å². The number of nitrogens with zero attached hydrogens (tertiary/aromatic N) is 3. The van der Waals surface area contributed by atoms with E-state index in [9.17, 15) is 9.59 Å². The van der Waals surface area contributed by atoms with E-state index in [1.54, 1.807) is 38.6 Å². The molecule has 1 amide bonds. The molecule has 3 heterocycles. The Hall–Kier alpha value is -2.23. The van der Waals surface area contributed by atoms with Crippen LogP contribution in [0, 0.1) is 0 Å². The summed E-state index contributed by atoms with van der Waals surface area (Å²) in [6, 6.07) is 5.31. The smallest absolute Gasteiger partial charge is 0.267 e. The van der Waals surface area contributed by atoms with E-state index in [-0.39, 0.29) is 11.5 Å². The molecule has 0 aliphatic carbocycles. The van der Waals surface area contributed by atoms with Gasteiger partial charge in [-0.3, -0.25) is 18.9 Å². The number of pyridine rings is 1. The van der Waals surface area contributed by atoms with Crippen molar-refractivity contribution >= 4 is 51.7 Å². The van der Waals surface area contributed by atoms with Crippen molar-refractivity contribution in [1.29, 1.82) is 0 Å². The van der Waals surface area contributed by atoms with Gasteiger partial charge < -0.3 is 10.1 Å². The number of thiocarbonyl (C=S) groups is 1. The molecule has 7 nitrogen and oxygen atoms in total. The number of hydrogen-bond donors (Lipinski definition) is 1. The Balaban J connectivity index is 2.13. The van der Waals surface area contributed by atoms with Gasteiger partial charge in [0.2, 0.25) is 0 Å². The fourth-order valence-electron chi connectivity index (χ4n) is 2.32. The van der Waals surface area contributed by atoms with Crippen molar-refractivity contribution in [3.63, 3.8) is 0 Å². The van der Waals surface area contributed by atoms with Crippen molar-refractivity contribution in [3.8, 4) is 0 Å². The van der Waals surface area contributed by atoms with E-state index < -0.39 is 0 Å². The van der Waals surface area contributed by atoms with Crippen LogP contribution in [-0.4, -0.2) is 51.8 Å². The Morgan fingerprint density at radius 2 is 2.20 bits per heavy atom. The first-order valence-corrected chi connectivity index (χ1v) is 8.71. The number of anilines is 1. The van der Waals surface area contributed by atoms with Crippen molar-refractivity contribution in [2.24, 2.45) is 0 Å². The lowest BCUT2D eigenvalue weighted by Crippen LogP contribution is -2.23. The molecule has 1 aliphatic rings. The van der Waals surface area contributed by atoms with Crippen molar-refractivity contribution in [2.75, 3.05) is 32.6 Å². The zero-order chi connectivity index (χ0) is 18.0. The molecule has 0 saturated carbocycles. The van der Waals surface area contributed by atoms with Crippen LogP contribution < -0.4 is 10.9 Å². The molecule has 0 aromatic carbocycles. The molecule has 2 aromatic heterocycles. The number of carbonyl (C=O) groups excluding carboxylic acids is 1. The molecule has 1 fully saturated rings. The fraction of sp³-hybridized carbons (Fsp3) is 0.250. The zero-order valence-corrected chi connectivity index (χ0v) is 15.3. The van der Waals surface area contributed by atoms with Gasteiger partial charge in [-0.05, 0) is 18.2 Å². The minimum Gasteiger partial charge on any atom is -0.383 e. The quantitative estimate of drug-likeness (QED) is 0.482. The average molecular weight is 376 g/mol. The maximum Gasteiger partial charge on any atom is 0.267 e. The largest absolute Gasteiger partial charge is 0.383 e. The van der Waals surface area contributed by atoms with Crippen LogP contribution in [-0.2, 0) is 9.53 Å². The summed E-state index contributed by atoms with van der Waals surface area (Å²) in [5, 5.41) is 3.10. The highest BCUT2D eigenvalue weighted by molar-refractivity contribution is 8.26. The number of nitrogens with one attached hydrogen (secondary N) is 1. The molecule has 1 N–H and O–H groups in total. The van der Waals surface area contributed by atoms with Gasteiger partial charge in [0, 0.05) is 26.9 Å². The van der Waals surface area contributed by atoms with Gasteiger partial charge in [-0.25, -0.2) is 4.98 Å². The summed E-state index contributed by atoms with van der Waals surface area (Å²) >= 11 is 6.30. The van der Waals surface area contributed by atoms with E-state index in [0.717, 1.165) is 0 Å². The van der Waals surface area contributed by atoms with E-state index in [2.05, 4.69) is 10.3 Å². The number of carbonyl (C=O) groups is 1. The predicted molar refractivity (Wildman–Crippen MR) is 103 cm³/mol. The Morgan fingerprint density at radius 3 is 2.88 bits per heavy atom. The molecular formula is C16H16N4O3S2. The summed E-state index contributed by atoms with van der Waals surface area (Å²) in [4.78, 5) is 31.4. The van der Waals surface area contributed by atoms with Gasteiger partial charge in [0.1, 0.15) is 15.8 Å². The summed E-state index contributed by atoms with van der Waals surface area (Å²) in [5.74, 6) is 0.185. The Labute approximate surface area is 153 Å². The number of likely N-dealkylation sites (N-methyl/N-ethyl adjacent to an activating group) is 1. The summed E-state index contributed by atoms with van der Waals surface area (Å²) in [6.07, 6.45) is 3.19. The van der Waals surface area contributed by atoms with Gasteiger partial charge in [0.25, 0.3) is 11.5 Å². The molecule has 0 spiro atoms. The van der Waals surface area contributed by atoms with Gasteiger partial charge in [-0.1, -0.05) is 30.0 Å². The number of hydrogen-bond acceptors (Lipinski definition) is 7. The highest BCUT2D eigenvalue weighted by atomic mass is 32.2. The standard InChI is InChI=1S/C16H16N4O3S2/c1-19-15(22)11(25-16(19)24)9-10-13(17-6-8-23-2)18-12-5-3-4-7-20(12)14(10)21/h3-5,7,9,17H,6,8H2,1-2H3/b11-9-. The summed E-state index contributed by atoms with van der Waals surface area (Å²) in [7, 11) is 3.21. The number of aromatic nitrogens is 2. The van der Waals surface area contributed by atoms with Gasteiger partial charge in [-0.15, -0.1) is 0 Å². The molecule has 0 bridgehead atoms. The molecule has 130 valence electrons. The second-order valence-corrected chi connectivity index (χ2v) is 6.94. The summed E-state index contributed by atoms with van der Waals surface area (Å²) in [6.45, 7) is 0.952. The van der Waals surface area contributed by atoms with Gasteiger partial charge in [-0.2, -0.15) is 0 Å². The second-order valence-electron chi connectivity index (χ2n) is 5.27. The van der Waals surface area contributed by atoms with Crippen molar-refractivity contribution in [2.45, 2.75) is 0 Å². The highest BCUT2D eigenvalue weighted by Crippen LogP contribution is 2.31. The lowest BCUT2D eigenvalue weighted by atomic mass is 10.2. The van der Waals surface area contributed by atoms with E-state index in [1.807, 2.05) is 6.07 Å². The lowest BCUT2D eigenvalue weighted by molar-refractivity contribution is -0.121. The molecular weight excluding hydrogens is 360 g/mol. The first-order chi connectivity index (χ1) is 12.0. The normalized spacial score (nSPS) is 16.2. The lowest BCUT2D eigenvalue weighted by Gasteiger charge is -2.10. The van der Waals surface area contributed by atoms with Crippen LogP contribution in [0.5, 0.6) is 0 Å². The van der Waals surface area contributed by atoms with Gasteiger partial charge in [0.05, 0.1) is 17.1 Å². The SMILES string of the molecule is COCCNc1nc2ccccn2c(=O)c1/C=C1\SC(=S)N(C)C1=O. The van der Waals surface area contributed by atoms with Crippen LogP contribution in [0.15, 0.2) is 34.1 Å². The number of fused-ring (bicyclic) bond motifs is 1. The van der Waals surface area contributed by atoms with Crippen LogP contribution in [0.4, 0.5) is 5.82 Å². The zero-order valence-electron chi connectivity index (χ0n) is 13.7. The number of ether oxygens (including phenoxy) is 1. The van der Waals surface area contributed by atoms with E-state index in [0.29, 0.717) is 39.4 Å². The van der Waals surface area contributed by atoms with Crippen LogP contribution in [0.2, 0.25) is 0 Å². The molecule has 0 atom stereocenters. The summed E-state index contributed by atoms with van der Waals surface area (Å²) in [5.41, 5.74) is 0.577. The van der Waals surface area contributed by atoms with Crippen molar-refractivity contribution in [1.82, 2.24) is 14.3 Å². The van der Waals surface area contributed by atoms with Crippen LogP contribution in [0.1, 0.15) is 5.56 Å². The van der Waals surface area contributed by atoms with Gasteiger partial charge >= 0.3 is 0 Å². The first kappa shape index (κ1) is 17.6. The third-order valence-corrected chi connectivity index (χ3v) is 5.11. The average Bonchev–Trinajstić information content (AvgIpc) is 2.85. The number of amides is 1. The first-order valence-electron chi connectivity index (χ1n) is 7.48. The molecule has 0 unspecified atom stereocenters. The molecule has 2 aromatic rings. The third-order valence-electron chi connectivity index (χ3n) is 3.63. The van der Waals surface area contributed by atoms with E-state index in [1.165, 1.54) is 21.1 Å². The number of methoxy groups -OCH3 is 1. The molecule has 3 rings (SSSR count). The maximum absolute atomic E-state index is 12.9. The van der Waals surface area contributed by atoms with Crippen LogP contribution in [0.3, 0.4) is 0 Å². The minimum atomic E-state index is -0.258. The highest BCUT2D eigenvalue weighted by Gasteiger charge is 2.29. The molecule has 9 heteroatoms. The Morgan fingerprint density at radius 1 is 1.40 bits per heavy atom. The van der Waals surface area contributed by atoms with Crippen molar-refractivity contribution < 1.29 is 9.53 Å². The van der Waals surface area contributed by atoms with E-state index in [4.69, 9.17) is 17.0 Å². The predicted octanol–water partition coefficient (Wildman–Crippen LogP) is 1.58. The molecule has 1 saturated heterocycles. The molecule has 25 heavy (non-hydrogen) atoms. The second kappa shape index (κ2) is 7.34. The third kappa shape index (κ3) is 3.44. The Bertz CT molecular complexity index is 939. The van der Waals surface area contributed by atoms with Gasteiger partial charge in [0.15, 0.2) is 0 Å². The molecule has 1 aliphatic heterocycles. The maximum atomic E-state index is 12.9. The molecule has 0 radical (unpaired) electrons. The monoisotopic (exact) mass is 376 g/mol.